The number of aliphatic hydroxyl groups is 1. The van der Waals surface area contributed by atoms with Gasteiger partial charge in [-0.1, -0.05) is 26.0 Å². The van der Waals surface area contributed by atoms with Crippen molar-refractivity contribution in [2.24, 2.45) is 5.92 Å². The van der Waals surface area contributed by atoms with Crippen molar-refractivity contribution in [1.82, 2.24) is 5.32 Å². The summed E-state index contributed by atoms with van der Waals surface area (Å²) in [6.07, 6.45) is 3.71. The van der Waals surface area contributed by atoms with Crippen molar-refractivity contribution >= 4 is 12.0 Å². The Hall–Kier alpha value is -1.81. The standard InChI is InChI=1S/C16H23NO3/c1-12(2)10-16(3,20)11-17-15(19)9-6-13-4-7-14(18)8-5-13/h4-9,12,18,20H,10-11H2,1-3H3,(H,17,19). The van der Waals surface area contributed by atoms with Crippen LogP contribution in [0.3, 0.4) is 0 Å². The molecule has 0 bridgehead atoms. The van der Waals surface area contributed by atoms with E-state index in [-0.39, 0.29) is 18.2 Å². The molecule has 0 radical (unpaired) electrons. The fourth-order valence-corrected chi connectivity index (χ4v) is 2.05. The van der Waals surface area contributed by atoms with Crippen LogP contribution in [0, 0.1) is 5.92 Å². The van der Waals surface area contributed by atoms with E-state index < -0.39 is 5.60 Å². The van der Waals surface area contributed by atoms with Crippen LogP contribution >= 0.6 is 0 Å². The van der Waals surface area contributed by atoms with E-state index in [0.717, 1.165) is 5.56 Å². The molecule has 1 aromatic rings. The molecule has 0 heterocycles. The van der Waals surface area contributed by atoms with Gasteiger partial charge in [-0.2, -0.15) is 0 Å². The van der Waals surface area contributed by atoms with Crippen LogP contribution in [0.5, 0.6) is 5.75 Å². The van der Waals surface area contributed by atoms with Crippen LogP contribution in [0.1, 0.15) is 32.8 Å². The highest BCUT2D eigenvalue weighted by molar-refractivity contribution is 5.91. The molecular weight excluding hydrogens is 254 g/mol. The second-order valence-electron chi connectivity index (χ2n) is 5.74. The van der Waals surface area contributed by atoms with Gasteiger partial charge in [-0.3, -0.25) is 4.79 Å². The van der Waals surface area contributed by atoms with Gasteiger partial charge in [0.2, 0.25) is 5.91 Å². The first kappa shape index (κ1) is 16.2. The maximum absolute atomic E-state index is 11.7. The predicted octanol–water partition coefficient (Wildman–Crippen LogP) is 2.32. The van der Waals surface area contributed by atoms with Crippen LogP contribution in [0.2, 0.25) is 0 Å². The number of phenolic OH excluding ortho intramolecular Hbond substituents is 1. The molecule has 0 aliphatic rings. The molecule has 20 heavy (non-hydrogen) atoms. The Kier molecular flexibility index (Phi) is 5.77. The van der Waals surface area contributed by atoms with Gasteiger partial charge in [0.05, 0.1) is 5.60 Å². The Bertz CT molecular complexity index is 461. The summed E-state index contributed by atoms with van der Waals surface area (Å²) in [6.45, 7) is 6.00. The highest BCUT2D eigenvalue weighted by Crippen LogP contribution is 2.15. The average Bonchev–Trinajstić information content (AvgIpc) is 2.34. The zero-order valence-electron chi connectivity index (χ0n) is 12.3. The van der Waals surface area contributed by atoms with E-state index in [0.29, 0.717) is 12.3 Å². The summed E-state index contributed by atoms with van der Waals surface area (Å²) in [5, 5.41) is 21.9. The third-order valence-corrected chi connectivity index (χ3v) is 2.81. The molecule has 4 nitrogen and oxygen atoms in total. The fraction of sp³-hybridized carbons (Fsp3) is 0.438. The van der Waals surface area contributed by atoms with Crippen LogP contribution in [0.15, 0.2) is 30.3 Å². The van der Waals surface area contributed by atoms with Gasteiger partial charge in [0.25, 0.3) is 0 Å². The highest BCUT2D eigenvalue weighted by atomic mass is 16.3. The van der Waals surface area contributed by atoms with E-state index in [9.17, 15) is 9.90 Å². The molecular formula is C16H23NO3. The number of hydrogen-bond donors (Lipinski definition) is 3. The van der Waals surface area contributed by atoms with E-state index in [4.69, 9.17) is 5.11 Å². The average molecular weight is 277 g/mol. The molecule has 0 saturated carbocycles. The second kappa shape index (κ2) is 7.10. The monoisotopic (exact) mass is 277 g/mol. The van der Waals surface area contributed by atoms with Gasteiger partial charge in [0, 0.05) is 12.6 Å². The first-order valence-electron chi connectivity index (χ1n) is 6.76. The molecule has 1 unspecified atom stereocenters. The number of benzene rings is 1. The second-order valence-corrected chi connectivity index (χ2v) is 5.74. The van der Waals surface area contributed by atoms with Gasteiger partial charge in [0.15, 0.2) is 0 Å². The summed E-state index contributed by atoms with van der Waals surface area (Å²) in [4.78, 5) is 11.7. The van der Waals surface area contributed by atoms with Gasteiger partial charge >= 0.3 is 0 Å². The van der Waals surface area contributed by atoms with E-state index in [1.807, 2.05) is 13.8 Å². The van der Waals surface area contributed by atoms with Crippen LogP contribution in [-0.2, 0) is 4.79 Å². The fourth-order valence-electron chi connectivity index (χ4n) is 2.05. The zero-order valence-corrected chi connectivity index (χ0v) is 12.3. The SMILES string of the molecule is CC(C)CC(C)(O)CNC(=O)C=Cc1ccc(O)cc1. The van der Waals surface area contributed by atoms with Crippen molar-refractivity contribution in [3.63, 3.8) is 0 Å². The molecule has 0 fully saturated rings. The third-order valence-electron chi connectivity index (χ3n) is 2.81. The largest absolute Gasteiger partial charge is 0.508 e. The molecule has 0 saturated heterocycles. The van der Waals surface area contributed by atoms with Gasteiger partial charge in [-0.05, 0) is 43.0 Å². The number of carbonyl (C=O) groups excluding carboxylic acids is 1. The molecule has 1 amide bonds. The molecule has 0 aromatic heterocycles. The Morgan fingerprint density at radius 3 is 2.50 bits per heavy atom. The van der Waals surface area contributed by atoms with Crippen molar-refractivity contribution in [1.29, 1.82) is 0 Å². The lowest BCUT2D eigenvalue weighted by Gasteiger charge is -2.25. The minimum atomic E-state index is -0.893. The van der Waals surface area contributed by atoms with Crippen molar-refractivity contribution in [2.75, 3.05) is 6.54 Å². The Morgan fingerprint density at radius 1 is 1.35 bits per heavy atom. The van der Waals surface area contributed by atoms with Crippen molar-refractivity contribution in [2.45, 2.75) is 32.8 Å². The molecule has 1 atom stereocenters. The van der Waals surface area contributed by atoms with Crippen molar-refractivity contribution in [3.8, 4) is 5.75 Å². The quantitative estimate of drug-likeness (QED) is 0.699. The topological polar surface area (TPSA) is 69.6 Å². The number of carbonyl (C=O) groups is 1. The predicted molar refractivity (Wildman–Crippen MR) is 80.2 cm³/mol. The van der Waals surface area contributed by atoms with E-state index in [1.54, 1.807) is 37.3 Å². The molecule has 0 aliphatic carbocycles. The minimum Gasteiger partial charge on any atom is -0.508 e. The van der Waals surface area contributed by atoms with Gasteiger partial charge in [0.1, 0.15) is 5.75 Å². The maximum Gasteiger partial charge on any atom is 0.244 e. The molecule has 1 aromatic carbocycles. The zero-order chi connectivity index (χ0) is 15.2. The van der Waals surface area contributed by atoms with Crippen molar-refractivity contribution < 1.29 is 15.0 Å². The van der Waals surface area contributed by atoms with E-state index >= 15 is 0 Å². The maximum atomic E-state index is 11.7. The molecule has 0 aliphatic heterocycles. The van der Waals surface area contributed by atoms with Gasteiger partial charge < -0.3 is 15.5 Å². The summed E-state index contributed by atoms with van der Waals surface area (Å²) in [6, 6.07) is 6.55. The van der Waals surface area contributed by atoms with Gasteiger partial charge in [-0.25, -0.2) is 0 Å². The number of rotatable bonds is 6. The smallest absolute Gasteiger partial charge is 0.244 e. The van der Waals surface area contributed by atoms with Crippen molar-refractivity contribution in [3.05, 3.63) is 35.9 Å². The molecule has 110 valence electrons. The molecule has 4 heteroatoms. The number of nitrogens with one attached hydrogen (secondary N) is 1. The third kappa shape index (κ3) is 6.38. The minimum absolute atomic E-state index is 0.191. The van der Waals surface area contributed by atoms with Crippen LogP contribution in [-0.4, -0.2) is 28.3 Å². The Labute approximate surface area is 120 Å². The normalized spacial score (nSPS) is 14.4. The first-order valence-corrected chi connectivity index (χ1v) is 6.76. The number of aromatic hydroxyl groups is 1. The van der Waals surface area contributed by atoms with Crippen LogP contribution in [0.25, 0.3) is 6.08 Å². The molecule has 0 spiro atoms. The Balaban J connectivity index is 2.45. The summed E-state index contributed by atoms with van der Waals surface area (Å²) in [7, 11) is 0. The lowest BCUT2D eigenvalue weighted by molar-refractivity contribution is -0.117. The number of phenols is 1. The summed E-state index contributed by atoms with van der Waals surface area (Å²) in [5.41, 5.74) is -0.0668. The number of amides is 1. The van der Waals surface area contributed by atoms with E-state index in [2.05, 4.69) is 5.32 Å². The lowest BCUT2D eigenvalue weighted by atomic mass is 9.94. The summed E-state index contributed by atoms with van der Waals surface area (Å²) < 4.78 is 0. The highest BCUT2D eigenvalue weighted by Gasteiger charge is 2.21. The van der Waals surface area contributed by atoms with Crippen LogP contribution < -0.4 is 5.32 Å². The van der Waals surface area contributed by atoms with E-state index in [1.165, 1.54) is 6.08 Å². The number of hydrogen-bond acceptors (Lipinski definition) is 3. The molecule has 3 N–H and O–H groups in total. The summed E-state index contributed by atoms with van der Waals surface area (Å²) in [5.74, 6) is 0.313. The molecule has 1 rings (SSSR count). The van der Waals surface area contributed by atoms with Gasteiger partial charge in [-0.15, -0.1) is 0 Å². The van der Waals surface area contributed by atoms with Crippen LogP contribution in [0.4, 0.5) is 0 Å². The first-order chi connectivity index (χ1) is 9.28. The summed E-state index contributed by atoms with van der Waals surface area (Å²) >= 11 is 0. The Morgan fingerprint density at radius 2 is 1.95 bits per heavy atom. The lowest BCUT2D eigenvalue weighted by Crippen LogP contribution is -2.40.